The van der Waals surface area contributed by atoms with Crippen LogP contribution < -0.4 is 4.74 Å². The average molecular weight is 342 g/mol. The van der Waals surface area contributed by atoms with Crippen LogP contribution in [0.1, 0.15) is 53.6 Å². The Labute approximate surface area is 148 Å². The van der Waals surface area contributed by atoms with Crippen LogP contribution in [-0.4, -0.2) is 55.3 Å². The van der Waals surface area contributed by atoms with E-state index >= 15 is 0 Å². The molecule has 0 aromatic heterocycles. The Balaban J connectivity index is 1.46. The van der Waals surface area contributed by atoms with E-state index in [0.29, 0.717) is 13.0 Å². The lowest BCUT2D eigenvalue weighted by Crippen LogP contribution is -2.43. The highest BCUT2D eigenvalue weighted by molar-refractivity contribution is 5.99. The van der Waals surface area contributed by atoms with Crippen LogP contribution in [0, 0.1) is 0 Å². The summed E-state index contributed by atoms with van der Waals surface area (Å²) in [5.74, 6) is 1.09. The summed E-state index contributed by atoms with van der Waals surface area (Å²) < 4.78 is 6.14. The molecule has 1 saturated heterocycles. The first-order valence-electron chi connectivity index (χ1n) is 9.35. The number of aldehydes is 1. The molecule has 0 bridgehead atoms. The number of carbonyl (C=O) groups is 2. The van der Waals surface area contributed by atoms with Crippen molar-refractivity contribution < 1.29 is 14.3 Å². The standard InChI is InChI=1S/C20H26N2O3/c1-21-13-16-15(19(21)24)5-6-17-18(16)25-14-20(17)7-10-22(11-8-20)9-3-2-4-12-23/h5-6,12H,2-4,7-11,13-14H2,1H3. The van der Waals surface area contributed by atoms with Crippen molar-refractivity contribution in [1.29, 1.82) is 0 Å². The lowest BCUT2D eigenvalue weighted by atomic mass is 9.74. The molecule has 3 aliphatic heterocycles. The van der Waals surface area contributed by atoms with Crippen molar-refractivity contribution in [3.63, 3.8) is 0 Å². The van der Waals surface area contributed by atoms with Gasteiger partial charge in [-0.25, -0.2) is 0 Å². The molecule has 134 valence electrons. The fraction of sp³-hybridized carbons (Fsp3) is 0.600. The van der Waals surface area contributed by atoms with Gasteiger partial charge in [0.15, 0.2) is 0 Å². The van der Waals surface area contributed by atoms with E-state index in [0.717, 1.165) is 75.1 Å². The van der Waals surface area contributed by atoms with E-state index in [1.807, 2.05) is 13.1 Å². The van der Waals surface area contributed by atoms with Crippen molar-refractivity contribution in [2.75, 3.05) is 33.3 Å². The molecular weight excluding hydrogens is 316 g/mol. The summed E-state index contributed by atoms with van der Waals surface area (Å²) in [7, 11) is 1.85. The lowest BCUT2D eigenvalue weighted by Gasteiger charge is -2.38. The Morgan fingerprint density at radius 1 is 1.24 bits per heavy atom. The molecule has 0 aliphatic carbocycles. The van der Waals surface area contributed by atoms with Crippen LogP contribution in [0.3, 0.4) is 0 Å². The summed E-state index contributed by atoms with van der Waals surface area (Å²) in [4.78, 5) is 26.9. The van der Waals surface area contributed by atoms with Crippen LogP contribution in [0.2, 0.25) is 0 Å². The van der Waals surface area contributed by atoms with Crippen LogP contribution in [0.5, 0.6) is 5.75 Å². The van der Waals surface area contributed by atoms with Gasteiger partial charge in [-0.15, -0.1) is 0 Å². The van der Waals surface area contributed by atoms with Crippen LogP contribution in [0.25, 0.3) is 0 Å². The van der Waals surface area contributed by atoms with E-state index in [2.05, 4.69) is 11.0 Å². The van der Waals surface area contributed by atoms with Crippen molar-refractivity contribution in [2.24, 2.45) is 0 Å². The van der Waals surface area contributed by atoms with Gasteiger partial charge in [-0.3, -0.25) is 4.79 Å². The molecule has 4 rings (SSSR count). The van der Waals surface area contributed by atoms with Gasteiger partial charge < -0.3 is 19.3 Å². The van der Waals surface area contributed by atoms with Crippen LogP contribution >= 0.6 is 0 Å². The van der Waals surface area contributed by atoms with Crippen molar-refractivity contribution in [1.82, 2.24) is 9.80 Å². The number of likely N-dealkylation sites (tertiary alicyclic amines) is 1. The van der Waals surface area contributed by atoms with Gasteiger partial charge in [-0.05, 0) is 51.4 Å². The maximum atomic E-state index is 12.2. The van der Waals surface area contributed by atoms with Gasteiger partial charge in [0, 0.05) is 35.6 Å². The average Bonchev–Trinajstić information content (AvgIpc) is 3.12. The highest BCUT2D eigenvalue weighted by Crippen LogP contribution is 2.49. The number of amides is 1. The zero-order valence-corrected chi connectivity index (χ0v) is 14.9. The molecule has 0 unspecified atom stereocenters. The number of hydrogen-bond donors (Lipinski definition) is 0. The van der Waals surface area contributed by atoms with E-state index in [-0.39, 0.29) is 11.3 Å². The summed E-state index contributed by atoms with van der Waals surface area (Å²) in [6, 6.07) is 4.14. The van der Waals surface area contributed by atoms with Gasteiger partial charge >= 0.3 is 0 Å². The number of carbonyl (C=O) groups excluding carboxylic acids is 2. The molecular formula is C20H26N2O3. The first kappa shape index (κ1) is 16.6. The molecule has 25 heavy (non-hydrogen) atoms. The molecule has 1 spiro atoms. The molecule has 3 heterocycles. The van der Waals surface area contributed by atoms with Gasteiger partial charge in [0.2, 0.25) is 0 Å². The normalized spacial score (nSPS) is 21.3. The number of unbranched alkanes of at least 4 members (excludes halogenated alkanes) is 2. The minimum atomic E-state index is 0.104. The zero-order chi connectivity index (χ0) is 17.4. The molecule has 0 radical (unpaired) electrons. The Morgan fingerprint density at radius 3 is 2.80 bits per heavy atom. The third-order valence-electron chi connectivity index (χ3n) is 6.16. The highest BCUT2D eigenvalue weighted by Gasteiger charge is 2.45. The Bertz CT molecular complexity index is 692. The molecule has 0 saturated carbocycles. The molecule has 1 amide bonds. The van der Waals surface area contributed by atoms with Gasteiger partial charge in [0.05, 0.1) is 13.2 Å². The van der Waals surface area contributed by atoms with Crippen molar-refractivity contribution in [2.45, 2.75) is 44.1 Å². The van der Waals surface area contributed by atoms with Crippen LogP contribution in [0.4, 0.5) is 0 Å². The third kappa shape index (κ3) is 2.74. The summed E-state index contributed by atoms with van der Waals surface area (Å²) in [6.07, 6.45) is 5.99. The maximum Gasteiger partial charge on any atom is 0.254 e. The molecule has 0 N–H and O–H groups in total. The summed E-state index contributed by atoms with van der Waals surface area (Å²) in [5.41, 5.74) is 3.33. The van der Waals surface area contributed by atoms with E-state index in [9.17, 15) is 9.59 Å². The largest absolute Gasteiger partial charge is 0.492 e. The second kappa shape index (κ2) is 6.45. The smallest absolute Gasteiger partial charge is 0.254 e. The fourth-order valence-electron chi connectivity index (χ4n) is 4.55. The highest BCUT2D eigenvalue weighted by atomic mass is 16.5. The second-order valence-electron chi connectivity index (χ2n) is 7.70. The Morgan fingerprint density at radius 2 is 2.04 bits per heavy atom. The van der Waals surface area contributed by atoms with Gasteiger partial charge in [0.25, 0.3) is 5.91 Å². The second-order valence-corrected chi connectivity index (χ2v) is 7.70. The lowest BCUT2D eigenvalue weighted by molar-refractivity contribution is -0.107. The van der Waals surface area contributed by atoms with Crippen molar-refractivity contribution >= 4 is 12.2 Å². The third-order valence-corrected chi connectivity index (χ3v) is 6.16. The van der Waals surface area contributed by atoms with E-state index in [1.165, 1.54) is 5.56 Å². The summed E-state index contributed by atoms with van der Waals surface area (Å²) in [5, 5.41) is 0. The van der Waals surface area contributed by atoms with Gasteiger partial charge in [-0.1, -0.05) is 6.07 Å². The molecule has 1 aromatic rings. The zero-order valence-electron chi connectivity index (χ0n) is 14.9. The number of nitrogens with zero attached hydrogens (tertiary/aromatic N) is 2. The molecule has 5 heteroatoms. The van der Waals surface area contributed by atoms with Crippen LogP contribution in [0.15, 0.2) is 12.1 Å². The number of fused-ring (bicyclic) bond motifs is 4. The molecule has 0 atom stereocenters. The first-order valence-corrected chi connectivity index (χ1v) is 9.35. The first-order chi connectivity index (χ1) is 12.1. The van der Waals surface area contributed by atoms with Crippen molar-refractivity contribution in [3.05, 3.63) is 28.8 Å². The minimum absolute atomic E-state index is 0.104. The summed E-state index contributed by atoms with van der Waals surface area (Å²) >= 11 is 0. The van der Waals surface area contributed by atoms with Gasteiger partial charge in [-0.2, -0.15) is 0 Å². The predicted octanol–water partition coefficient (Wildman–Crippen LogP) is 2.37. The number of rotatable bonds is 5. The SMILES string of the molecule is CN1Cc2c(ccc3c2OCC32CCN(CCCCC=O)CC2)C1=O. The summed E-state index contributed by atoms with van der Waals surface area (Å²) in [6.45, 7) is 4.66. The number of piperidine rings is 1. The topological polar surface area (TPSA) is 49.9 Å². The quantitative estimate of drug-likeness (QED) is 0.609. The fourth-order valence-corrected chi connectivity index (χ4v) is 4.55. The predicted molar refractivity (Wildman–Crippen MR) is 95.0 cm³/mol. The molecule has 1 fully saturated rings. The number of ether oxygens (including phenoxy) is 1. The molecule has 3 aliphatic rings. The molecule has 5 nitrogen and oxygen atoms in total. The van der Waals surface area contributed by atoms with Crippen molar-refractivity contribution in [3.8, 4) is 5.75 Å². The maximum absolute atomic E-state index is 12.2. The van der Waals surface area contributed by atoms with E-state index < -0.39 is 0 Å². The van der Waals surface area contributed by atoms with Gasteiger partial charge in [0.1, 0.15) is 12.0 Å². The van der Waals surface area contributed by atoms with E-state index in [4.69, 9.17) is 4.74 Å². The van der Waals surface area contributed by atoms with Crippen LogP contribution in [-0.2, 0) is 16.8 Å². The van der Waals surface area contributed by atoms with E-state index in [1.54, 1.807) is 4.90 Å². The molecule has 1 aromatic carbocycles. The Hall–Kier alpha value is -1.88. The monoisotopic (exact) mass is 342 g/mol. The number of benzene rings is 1. The Kier molecular flexibility index (Phi) is 4.28. The minimum Gasteiger partial charge on any atom is -0.492 e. The number of hydrogen-bond acceptors (Lipinski definition) is 4.